The van der Waals surface area contributed by atoms with Crippen LogP contribution >= 0.6 is 0 Å². The summed E-state index contributed by atoms with van der Waals surface area (Å²) in [5, 5.41) is 4.17. The number of hydrogen-bond acceptors (Lipinski definition) is 8. The molecule has 2 fully saturated rings. The predicted molar refractivity (Wildman–Crippen MR) is 165 cm³/mol. The van der Waals surface area contributed by atoms with Crippen molar-refractivity contribution in [3.63, 3.8) is 0 Å². The third-order valence-electron chi connectivity index (χ3n) is 9.00. The lowest BCUT2D eigenvalue weighted by molar-refractivity contribution is -0.137. The van der Waals surface area contributed by atoms with E-state index in [4.69, 9.17) is 4.52 Å². The quantitative estimate of drug-likeness (QED) is 0.226. The number of aromatic nitrogens is 3. The lowest BCUT2D eigenvalue weighted by Crippen LogP contribution is -2.50. The summed E-state index contributed by atoms with van der Waals surface area (Å²) in [6.45, 7) is 4.86. The molecule has 0 atom stereocenters. The topological polar surface area (TPSA) is 64.8 Å². The number of anilines is 3. The predicted octanol–water partition coefficient (Wildman–Crippen LogP) is 6.48. The monoisotopic (exact) mass is 605 g/mol. The van der Waals surface area contributed by atoms with Gasteiger partial charge in [0, 0.05) is 68.1 Å². The van der Waals surface area contributed by atoms with E-state index in [1.165, 1.54) is 25.0 Å². The highest BCUT2D eigenvalue weighted by Crippen LogP contribution is 2.33. The molecule has 0 saturated carbocycles. The molecule has 0 radical (unpaired) electrons. The van der Waals surface area contributed by atoms with Crippen LogP contribution in [0.25, 0.3) is 11.4 Å². The average Bonchev–Trinajstić information content (AvgIpc) is 3.54. The van der Waals surface area contributed by atoms with Crippen LogP contribution in [0.3, 0.4) is 0 Å². The van der Waals surface area contributed by atoms with E-state index in [0.29, 0.717) is 24.2 Å². The molecule has 6 rings (SSSR count). The van der Waals surface area contributed by atoms with E-state index in [-0.39, 0.29) is 11.9 Å². The first-order valence-corrected chi connectivity index (χ1v) is 15.2. The molecular weight excluding hydrogens is 567 g/mol. The van der Waals surface area contributed by atoms with Crippen molar-refractivity contribution >= 4 is 17.4 Å². The van der Waals surface area contributed by atoms with Crippen LogP contribution < -0.4 is 9.80 Å². The zero-order valence-electron chi connectivity index (χ0n) is 25.1. The third-order valence-corrected chi connectivity index (χ3v) is 9.00. The van der Waals surface area contributed by atoms with E-state index >= 15 is 0 Å². The summed E-state index contributed by atoms with van der Waals surface area (Å²) in [5.41, 5.74) is 2.98. The van der Waals surface area contributed by atoms with Crippen LogP contribution in [0.2, 0.25) is 0 Å². The van der Waals surface area contributed by atoms with Crippen molar-refractivity contribution in [2.75, 3.05) is 50.1 Å². The lowest BCUT2D eigenvalue weighted by atomic mass is 9.97. The van der Waals surface area contributed by atoms with Crippen LogP contribution in [0.15, 0.2) is 77.6 Å². The molecule has 8 nitrogen and oxygen atoms in total. The normalized spacial score (nSPS) is 17.6. The summed E-state index contributed by atoms with van der Waals surface area (Å²) >= 11 is 0. The van der Waals surface area contributed by atoms with Crippen molar-refractivity contribution in [2.45, 2.75) is 50.5 Å². The van der Waals surface area contributed by atoms with E-state index in [9.17, 15) is 13.2 Å². The average molecular weight is 606 g/mol. The second-order valence-corrected chi connectivity index (χ2v) is 11.8. The Morgan fingerprint density at radius 3 is 2.11 bits per heavy atom. The molecule has 0 spiro atoms. The van der Waals surface area contributed by atoms with Gasteiger partial charge in [-0.2, -0.15) is 18.2 Å². The largest absolute Gasteiger partial charge is 0.416 e. The maximum Gasteiger partial charge on any atom is 0.416 e. The summed E-state index contributed by atoms with van der Waals surface area (Å²) in [6, 6.07) is 18.4. The van der Waals surface area contributed by atoms with Gasteiger partial charge in [-0.3, -0.25) is 4.98 Å². The van der Waals surface area contributed by atoms with Crippen LogP contribution in [-0.4, -0.2) is 77.3 Å². The zero-order valence-corrected chi connectivity index (χ0v) is 25.1. The molecule has 44 heavy (non-hydrogen) atoms. The van der Waals surface area contributed by atoms with Gasteiger partial charge in [-0.15, -0.1) is 0 Å². The van der Waals surface area contributed by atoms with Gasteiger partial charge in [0.1, 0.15) is 0 Å². The first-order valence-electron chi connectivity index (χ1n) is 15.2. The summed E-state index contributed by atoms with van der Waals surface area (Å²) in [5.74, 6) is 0.275. The summed E-state index contributed by atoms with van der Waals surface area (Å²) < 4.78 is 45.1. The molecule has 4 heterocycles. The second-order valence-electron chi connectivity index (χ2n) is 11.8. The Bertz CT molecular complexity index is 1480. The Morgan fingerprint density at radius 2 is 1.48 bits per heavy atom. The number of hydrogen-bond donors (Lipinski definition) is 0. The van der Waals surface area contributed by atoms with E-state index in [2.05, 4.69) is 66.0 Å². The highest BCUT2D eigenvalue weighted by atomic mass is 19.4. The molecule has 11 heteroatoms. The van der Waals surface area contributed by atoms with Gasteiger partial charge in [0.2, 0.25) is 5.82 Å². The number of halogens is 3. The standard InChI is InChI=1S/C33H38F3N7O/c1-40-19-13-29(14-20-40)42-21-15-30(16-22-42)43(23-24-3-9-27(10-4-24)41(2)28-11-17-37-18-12-28)32-38-31(39-44-32)25-5-7-26(8-6-25)33(34,35)36/h3-12,17-18,29-30H,13-16,19-23H2,1-2H3. The van der Waals surface area contributed by atoms with Gasteiger partial charge in [-0.05, 0) is 87.8 Å². The van der Waals surface area contributed by atoms with Gasteiger partial charge >= 0.3 is 12.2 Å². The molecule has 2 saturated heterocycles. The minimum atomic E-state index is -4.40. The van der Waals surface area contributed by atoms with Crippen molar-refractivity contribution in [1.82, 2.24) is 24.9 Å². The molecule has 232 valence electrons. The Kier molecular flexibility index (Phi) is 8.86. The van der Waals surface area contributed by atoms with Gasteiger partial charge in [0.05, 0.1) is 5.56 Å². The van der Waals surface area contributed by atoms with E-state index in [0.717, 1.165) is 68.1 Å². The van der Waals surface area contributed by atoms with Crippen molar-refractivity contribution in [3.8, 4) is 11.4 Å². The first-order chi connectivity index (χ1) is 21.2. The zero-order chi connectivity index (χ0) is 30.7. The molecule has 2 aliphatic heterocycles. The maximum atomic E-state index is 13.1. The fraction of sp³-hybridized carbons (Fsp3) is 0.424. The second kappa shape index (κ2) is 13.0. The smallest absolute Gasteiger partial charge is 0.345 e. The molecular formula is C33H38F3N7O. The Labute approximate surface area is 256 Å². The van der Waals surface area contributed by atoms with Gasteiger partial charge < -0.3 is 24.1 Å². The van der Waals surface area contributed by atoms with Gasteiger partial charge in [-0.25, -0.2) is 0 Å². The number of alkyl halides is 3. The summed E-state index contributed by atoms with van der Waals surface area (Å²) in [4.78, 5) is 18.1. The van der Waals surface area contributed by atoms with Crippen LogP contribution in [0, 0.1) is 0 Å². The molecule has 0 bridgehead atoms. The lowest BCUT2D eigenvalue weighted by Gasteiger charge is -2.43. The number of piperidine rings is 2. The third kappa shape index (κ3) is 6.89. The minimum Gasteiger partial charge on any atom is -0.345 e. The summed E-state index contributed by atoms with van der Waals surface area (Å²) in [6.07, 6.45) is 3.48. The minimum absolute atomic E-state index is 0.192. The van der Waals surface area contributed by atoms with E-state index in [1.54, 1.807) is 12.4 Å². The molecule has 4 aromatic rings. The van der Waals surface area contributed by atoms with E-state index < -0.39 is 11.7 Å². The van der Waals surface area contributed by atoms with Gasteiger partial charge in [0.15, 0.2) is 0 Å². The first kappa shape index (κ1) is 30.1. The molecule has 0 amide bonds. The molecule has 0 aliphatic carbocycles. The van der Waals surface area contributed by atoms with Crippen molar-refractivity contribution in [1.29, 1.82) is 0 Å². The number of benzene rings is 2. The van der Waals surface area contributed by atoms with Crippen LogP contribution in [0.1, 0.15) is 36.8 Å². The number of rotatable bonds is 8. The Balaban J connectivity index is 1.21. The summed E-state index contributed by atoms with van der Waals surface area (Å²) in [7, 11) is 4.21. The highest BCUT2D eigenvalue weighted by Gasteiger charge is 2.33. The molecule has 2 aromatic carbocycles. The number of nitrogens with zero attached hydrogens (tertiary/aromatic N) is 7. The van der Waals surface area contributed by atoms with Gasteiger partial charge in [-0.1, -0.05) is 29.4 Å². The molecule has 0 N–H and O–H groups in total. The Hall–Kier alpha value is -3.96. The Morgan fingerprint density at radius 1 is 0.841 bits per heavy atom. The molecule has 2 aromatic heterocycles. The number of likely N-dealkylation sites (tertiary alicyclic amines) is 2. The van der Waals surface area contributed by atoms with Crippen molar-refractivity contribution in [2.24, 2.45) is 0 Å². The molecule has 2 aliphatic rings. The van der Waals surface area contributed by atoms with E-state index in [1.807, 2.05) is 19.2 Å². The fourth-order valence-corrected chi connectivity index (χ4v) is 6.27. The maximum absolute atomic E-state index is 13.1. The van der Waals surface area contributed by atoms with Crippen LogP contribution in [-0.2, 0) is 12.7 Å². The fourth-order valence-electron chi connectivity index (χ4n) is 6.27. The van der Waals surface area contributed by atoms with Crippen molar-refractivity contribution in [3.05, 3.63) is 84.2 Å². The van der Waals surface area contributed by atoms with Gasteiger partial charge in [0.25, 0.3) is 0 Å². The van der Waals surface area contributed by atoms with Crippen LogP contribution in [0.4, 0.5) is 30.6 Å². The van der Waals surface area contributed by atoms with Crippen molar-refractivity contribution < 1.29 is 17.7 Å². The molecule has 0 unspecified atom stereocenters. The SMILES string of the molecule is CN1CCC(N2CCC(N(Cc3ccc(N(C)c4ccncc4)cc3)c3nc(-c4ccc(C(F)(F)F)cc4)no3)CC2)CC1. The van der Waals surface area contributed by atoms with Crippen LogP contribution in [0.5, 0.6) is 0 Å². The number of pyridine rings is 1. The highest BCUT2D eigenvalue weighted by molar-refractivity contribution is 5.62.